The van der Waals surface area contributed by atoms with Crippen LogP contribution in [-0.2, 0) is 7.05 Å². The Morgan fingerprint density at radius 3 is 2.58 bits per heavy atom. The van der Waals surface area contributed by atoms with Gasteiger partial charge in [0.25, 0.3) is 0 Å². The molecule has 6 nitrogen and oxygen atoms in total. The summed E-state index contributed by atoms with van der Waals surface area (Å²) in [5, 5.41) is 9.66. The summed E-state index contributed by atoms with van der Waals surface area (Å²) in [4.78, 5) is 16.3. The lowest BCUT2D eigenvalue weighted by Crippen LogP contribution is -2.33. The number of hydrogen-bond acceptors (Lipinski definition) is 3. The number of aromatic nitrogens is 3. The van der Waals surface area contributed by atoms with Crippen LogP contribution in [0.15, 0.2) is 61.1 Å². The van der Waals surface area contributed by atoms with Crippen LogP contribution in [0.5, 0.6) is 0 Å². The first-order valence-electron chi connectivity index (χ1n) is 7.34. The maximum absolute atomic E-state index is 13.2. The van der Waals surface area contributed by atoms with Crippen molar-refractivity contribution in [2.24, 2.45) is 7.05 Å². The van der Waals surface area contributed by atoms with Gasteiger partial charge in [-0.2, -0.15) is 5.10 Å². The minimum Gasteiger partial charge on any atom is -0.327 e. The van der Waals surface area contributed by atoms with Crippen molar-refractivity contribution in [2.75, 3.05) is 5.32 Å². The molecule has 3 rings (SSSR count). The molecule has 2 heterocycles. The van der Waals surface area contributed by atoms with Crippen molar-refractivity contribution in [3.63, 3.8) is 0 Å². The lowest BCUT2D eigenvalue weighted by atomic mass is 10.0. The molecule has 3 aromatic rings. The molecule has 24 heavy (non-hydrogen) atoms. The molecule has 1 aromatic carbocycles. The summed E-state index contributed by atoms with van der Waals surface area (Å²) in [5.41, 5.74) is 1.54. The molecule has 0 fully saturated rings. The van der Waals surface area contributed by atoms with Crippen LogP contribution in [0.2, 0.25) is 0 Å². The van der Waals surface area contributed by atoms with Gasteiger partial charge in [-0.1, -0.05) is 18.2 Å². The molecule has 2 N–H and O–H groups in total. The van der Waals surface area contributed by atoms with Gasteiger partial charge in [0.2, 0.25) is 0 Å². The molecule has 1 atom stereocenters. The van der Waals surface area contributed by atoms with Gasteiger partial charge in [-0.3, -0.25) is 10.00 Å². The molecule has 0 aliphatic carbocycles. The molecular formula is C17H16FN5O. The van der Waals surface area contributed by atoms with Gasteiger partial charge in [0.15, 0.2) is 0 Å². The van der Waals surface area contributed by atoms with Crippen LogP contribution in [-0.4, -0.2) is 20.8 Å². The lowest BCUT2D eigenvalue weighted by molar-refractivity contribution is 0.250. The summed E-state index contributed by atoms with van der Waals surface area (Å²) in [6, 6.07) is 10.4. The van der Waals surface area contributed by atoms with Gasteiger partial charge in [0.05, 0.1) is 12.2 Å². The SMILES string of the molecule is Cn1cc([C@H](NC(=O)Nc2ccccn2)c2ccc(F)cc2)cn1. The molecule has 2 amide bonds. The molecule has 0 aliphatic heterocycles. The standard InChI is InChI=1S/C17H16FN5O/c1-23-11-13(10-20-23)16(12-5-7-14(18)8-6-12)22-17(24)21-15-4-2-3-9-19-15/h2-11,16H,1H3,(H2,19,21,22,24)/t16-/m1/s1. The highest BCUT2D eigenvalue weighted by Gasteiger charge is 2.18. The van der Waals surface area contributed by atoms with Gasteiger partial charge in [-0.15, -0.1) is 0 Å². The maximum atomic E-state index is 13.2. The fraction of sp³-hybridized carbons (Fsp3) is 0.118. The third kappa shape index (κ3) is 3.75. The zero-order chi connectivity index (χ0) is 16.9. The quantitative estimate of drug-likeness (QED) is 0.775. The van der Waals surface area contributed by atoms with E-state index in [1.54, 1.807) is 60.7 Å². The van der Waals surface area contributed by atoms with Crippen molar-refractivity contribution in [1.82, 2.24) is 20.1 Å². The summed E-state index contributed by atoms with van der Waals surface area (Å²) >= 11 is 0. The summed E-state index contributed by atoms with van der Waals surface area (Å²) in [6.45, 7) is 0. The largest absolute Gasteiger partial charge is 0.327 e. The van der Waals surface area contributed by atoms with Crippen molar-refractivity contribution in [3.05, 3.63) is 78.0 Å². The van der Waals surface area contributed by atoms with Crippen LogP contribution in [0.25, 0.3) is 0 Å². The van der Waals surface area contributed by atoms with Crippen LogP contribution < -0.4 is 10.6 Å². The molecule has 0 saturated heterocycles. The number of nitrogens with one attached hydrogen (secondary N) is 2. The van der Waals surface area contributed by atoms with E-state index in [1.165, 1.54) is 12.1 Å². The van der Waals surface area contributed by atoms with E-state index in [9.17, 15) is 9.18 Å². The van der Waals surface area contributed by atoms with E-state index >= 15 is 0 Å². The second-order valence-corrected chi connectivity index (χ2v) is 5.25. The van der Waals surface area contributed by atoms with Crippen molar-refractivity contribution < 1.29 is 9.18 Å². The number of urea groups is 1. The number of anilines is 1. The van der Waals surface area contributed by atoms with E-state index in [0.29, 0.717) is 5.82 Å². The summed E-state index contributed by atoms with van der Waals surface area (Å²) in [7, 11) is 1.79. The minimum atomic E-state index is -0.456. The average Bonchev–Trinajstić information content (AvgIpc) is 3.01. The highest BCUT2D eigenvalue weighted by molar-refractivity contribution is 5.88. The second-order valence-electron chi connectivity index (χ2n) is 5.25. The molecule has 2 aromatic heterocycles. The summed E-state index contributed by atoms with van der Waals surface area (Å²) in [6.07, 6.45) is 5.05. The van der Waals surface area contributed by atoms with E-state index < -0.39 is 12.1 Å². The monoisotopic (exact) mass is 325 g/mol. The normalized spacial score (nSPS) is 11.8. The van der Waals surface area contributed by atoms with Crippen LogP contribution >= 0.6 is 0 Å². The topological polar surface area (TPSA) is 71.8 Å². The number of pyridine rings is 1. The number of benzene rings is 1. The highest BCUT2D eigenvalue weighted by atomic mass is 19.1. The first kappa shape index (κ1) is 15.7. The van der Waals surface area contributed by atoms with E-state index in [0.717, 1.165) is 11.1 Å². The second kappa shape index (κ2) is 6.91. The van der Waals surface area contributed by atoms with Gasteiger partial charge in [-0.05, 0) is 29.8 Å². The number of nitrogens with zero attached hydrogens (tertiary/aromatic N) is 3. The third-order valence-corrected chi connectivity index (χ3v) is 3.44. The number of carbonyl (C=O) groups excluding carboxylic acids is 1. The van der Waals surface area contributed by atoms with Gasteiger partial charge in [0.1, 0.15) is 11.6 Å². The van der Waals surface area contributed by atoms with Crippen LogP contribution in [0, 0.1) is 5.82 Å². The first-order chi connectivity index (χ1) is 11.6. The summed E-state index contributed by atoms with van der Waals surface area (Å²) < 4.78 is 14.8. The number of rotatable bonds is 4. The predicted molar refractivity (Wildman–Crippen MR) is 87.8 cm³/mol. The highest BCUT2D eigenvalue weighted by Crippen LogP contribution is 2.22. The Kier molecular flexibility index (Phi) is 4.51. The van der Waals surface area contributed by atoms with Gasteiger partial charge in [-0.25, -0.2) is 14.2 Å². The molecule has 0 unspecified atom stereocenters. The molecule has 0 spiro atoms. The van der Waals surface area contributed by atoms with Gasteiger partial charge < -0.3 is 5.32 Å². The number of halogens is 1. The molecule has 0 bridgehead atoms. The smallest absolute Gasteiger partial charge is 0.321 e. The maximum Gasteiger partial charge on any atom is 0.321 e. The van der Waals surface area contributed by atoms with E-state index in [4.69, 9.17) is 0 Å². The van der Waals surface area contributed by atoms with E-state index in [1.807, 2.05) is 0 Å². The summed E-state index contributed by atoms with van der Waals surface area (Å²) in [5.74, 6) is 0.112. The zero-order valence-corrected chi connectivity index (χ0v) is 13.0. The van der Waals surface area contributed by atoms with Gasteiger partial charge in [0, 0.05) is 25.0 Å². The number of amides is 2. The van der Waals surface area contributed by atoms with Crippen molar-refractivity contribution in [1.29, 1.82) is 0 Å². The Bertz CT molecular complexity index is 817. The molecule has 7 heteroatoms. The predicted octanol–water partition coefficient (Wildman–Crippen LogP) is 2.87. The molecule has 0 radical (unpaired) electrons. The van der Waals surface area contributed by atoms with Gasteiger partial charge >= 0.3 is 6.03 Å². The van der Waals surface area contributed by atoms with E-state index in [-0.39, 0.29) is 5.82 Å². The first-order valence-corrected chi connectivity index (χ1v) is 7.34. The Balaban J connectivity index is 1.82. The molecular weight excluding hydrogens is 309 g/mol. The zero-order valence-electron chi connectivity index (χ0n) is 13.0. The van der Waals surface area contributed by atoms with Crippen LogP contribution in [0.3, 0.4) is 0 Å². The number of hydrogen-bond donors (Lipinski definition) is 2. The third-order valence-electron chi connectivity index (χ3n) is 3.44. The Morgan fingerprint density at radius 2 is 1.96 bits per heavy atom. The Labute approximate surface area is 138 Å². The Hall–Kier alpha value is -3.22. The Morgan fingerprint density at radius 1 is 1.17 bits per heavy atom. The van der Waals surface area contributed by atoms with Crippen molar-refractivity contribution >= 4 is 11.8 Å². The fourth-order valence-electron chi connectivity index (χ4n) is 2.32. The fourth-order valence-corrected chi connectivity index (χ4v) is 2.32. The molecule has 122 valence electrons. The average molecular weight is 325 g/mol. The number of carbonyl (C=O) groups is 1. The van der Waals surface area contributed by atoms with Crippen molar-refractivity contribution in [3.8, 4) is 0 Å². The van der Waals surface area contributed by atoms with E-state index in [2.05, 4.69) is 20.7 Å². The van der Waals surface area contributed by atoms with Crippen LogP contribution in [0.4, 0.5) is 15.0 Å². The van der Waals surface area contributed by atoms with Crippen molar-refractivity contribution in [2.45, 2.75) is 6.04 Å². The molecule has 0 aliphatic rings. The lowest BCUT2D eigenvalue weighted by Gasteiger charge is -2.18. The van der Waals surface area contributed by atoms with Crippen LogP contribution in [0.1, 0.15) is 17.2 Å². The number of aryl methyl sites for hydroxylation is 1. The molecule has 0 saturated carbocycles. The minimum absolute atomic E-state index is 0.332.